The molecule has 0 aromatic heterocycles. The highest BCUT2D eigenvalue weighted by Gasteiger charge is 1.99. The number of ether oxygens (including phenoxy) is 3. The molecular weight excluding hydrogens is 280 g/mol. The van der Waals surface area contributed by atoms with E-state index in [-0.39, 0.29) is 26.4 Å². The molecule has 0 rings (SSSR count). The molecule has 0 spiro atoms. The topological polar surface area (TPSA) is 109 Å². The monoisotopic (exact) mass is 306 g/mol. The third kappa shape index (κ3) is 15.1. The molecule has 0 fully saturated rings. The van der Waals surface area contributed by atoms with Crippen LogP contribution >= 0.6 is 0 Å². The van der Waals surface area contributed by atoms with Crippen LogP contribution < -0.4 is 0 Å². The molecule has 21 heavy (non-hydrogen) atoms. The van der Waals surface area contributed by atoms with E-state index in [9.17, 15) is 0 Å². The first-order valence-corrected chi connectivity index (χ1v) is 6.89. The molecule has 0 aliphatic heterocycles. The van der Waals surface area contributed by atoms with Gasteiger partial charge in [0.2, 0.25) is 0 Å². The molecule has 0 heterocycles. The Balaban J connectivity index is 3.25. The fourth-order valence-electron chi connectivity index (χ4n) is 1.12. The second kappa shape index (κ2) is 15.3. The van der Waals surface area contributed by atoms with Crippen molar-refractivity contribution < 1.29 is 34.6 Å². The quantitative estimate of drug-likeness (QED) is 0.254. The van der Waals surface area contributed by atoms with Gasteiger partial charge in [-0.1, -0.05) is 0 Å². The van der Waals surface area contributed by atoms with Gasteiger partial charge in [-0.25, -0.2) is 0 Å². The van der Waals surface area contributed by atoms with Gasteiger partial charge in [-0.15, -0.1) is 0 Å². The van der Waals surface area contributed by atoms with Crippen LogP contribution in [-0.4, -0.2) is 72.3 Å². The van der Waals surface area contributed by atoms with E-state index in [1.54, 1.807) is 12.2 Å². The van der Waals surface area contributed by atoms with Crippen LogP contribution in [-0.2, 0) is 14.2 Å². The summed E-state index contributed by atoms with van der Waals surface area (Å²) in [5, 5.41) is 35.1. The Hall–Kier alpha value is -1.12. The Morgan fingerprint density at radius 2 is 1.19 bits per heavy atom. The molecule has 7 nitrogen and oxygen atoms in total. The third-order valence-corrected chi connectivity index (χ3v) is 2.24. The Labute approximate surface area is 125 Å². The highest BCUT2D eigenvalue weighted by molar-refractivity contribution is 4.75. The fourth-order valence-corrected chi connectivity index (χ4v) is 1.12. The molecule has 2 atom stereocenters. The molecular formula is C14H26O7. The predicted molar refractivity (Wildman–Crippen MR) is 76.4 cm³/mol. The first kappa shape index (κ1) is 19.9. The lowest BCUT2D eigenvalue weighted by Crippen LogP contribution is -2.17. The van der Waals surface area contributed by atoms with Gasteiger partial charge in [-0.05, 0) is 25.0 Å². The number of hydrogen-bond donors (Lipinski definition) is 4. The van der Waals surface area contributed by atoms with E-state index in [0.717, 1.165) is 0 Å². The van der Waals surface area contributed by atoms with E-state index in [1.165, 1.54) is 12.5 Å². The van der Waals surface area contributed by atoms with Crippen molar-refractivity contribution in [1.29, 1.82) is 0 Å². The average Bonchev–Trinajstić information content (AvgIpc) is 2.51. The van der Waals surface area contributed by atoms with Gasteiger partial charge in [0.1, 0.15) is 25.4 Å². The molecule has 0 aromatic carbocycles. The van der Waals surface area contributed by atoms with Crippen LogP contribution in [0.1, 0.15) is 12.8 Å². The molecule has 124 valence electrons. The predicted octanol–water partition coefficient (Wildman–Crippen LogP) is -0.450. The summed E-state index contributed by atoms with van der Waals surface area (Å²) >= 11 is 0. The molecule has 0 amide bonds. The van der Waals surface area contributed by atoms with Gasteiger partial charge in [0, 0.05) is 0 Å². The first-order valence-electron chi connectivity index (χ1n) is 6.89. The number of rotatable bonds is 14. The van der Waals surface area contributed by atoms with Crippen molar-refractivity contribution in [3.8, 4) is 0 Å². The highest BCUT2D eigenvalue weighted by Crippen LogP contribution is 1.92. The van der Waals surface area contributed by atoms with E-state index < -0.39 is 12.2 Å². The second-order valence-electron chi connectivity index (χ2n) is 4.27. The molecule has 0 aromatic rings. The lowest BCUT2D eigenvalue weighted by atomic mass is 10.4. The lowest BCUT2D eigenvalue weighted by molar-refractivity contribution is 0.0380. The van der Waals surface area contributed by atoms with Gasteiger partial charge in [0.25, 0.3) is 0 Å². The minimum atomic E-state index is -0.849. The molecule has 7 heteroatoms. The van der Waals surface area contributed by atoms with Gasteiger partial charge in [-0.3, -0.25) is 0 Å². The maximum absolute atomic E-state index is 8.99. The summed E-state index contributed by atoms with van der Waals surface area (Å²) in [6.07, 6.45) is 6.19. The van der Waals surface area contributed by atoms with E-state index in [2.05, 4.69) is 0 Å². The van der Waals surface area contributed by atoms with Crippen molar-refractivity contribution in [2.24, 2.45) is 0 Å². The Morgan fingerprint density at radius 1 is 0.762 bits per heavy atom. The van der Waals surface area contributed by atoms with Crippen LogP contribution in [0.3, 0.4) is 0 Å². The fraction of sp³-hybridized carbons (Fsp3) is 0.714. The minimum Gasteiger partial charge on any atom is -0.499 e. The summed E-state index contributed by atoms with van der Waals surface area (Å²) in [7, 11) is 0. The van der Waals surface area contributed by atoms with E-state index in [1.807, 2.05) is 0 Å². The summed E-state index contributed by atoms with van der Waals surface area (Å²) in [6, 6.07) is 0. The first-order chi connectivity index (χ1) is 10.2. The summed E-state index contributed by atoms with van der Waals surface area (Å²) < 4.78 is 15.3. The zero-order chi connectivity index (χ0) is 15.8. The van der Waals surface area contributed by atoms with Gasteiger partial charge in [-0.2, -0.15) is 0 Å². The Kier molecular flexibility index (Phi) is 14.5. The van der Waals surface area contributed by atoms with Crippen molar-refractivity contribution in [2.45, 2.75) is 25.0 Å². The molecule has 0 saturated heterocycles. The van der Waals surface area contributed by atoms with Gasteiger partial charge >= 0.3 is 0 Å². The van der Waals surface area contributed by atoms with E-state index >= 15 is 0 Å². The highest BCUT2D eigenvalue weighted by atomic mass is 16.5. The number of aliphatic hydroxyl groups excluding tert-OH is 4. The molecule has 2 unspecified atom stereocenters. The van der Waals surface area contributed by atoms with Crippen molar-refractivity contribution in [2.75, 3.05) is 39.6 Å². The van der Waals surface area contributed by atoms with Gasteiger partial charge in [0.15, 0.2) is 0 Å². The summed E-state index contributed by atoms with van der Waals surface area (Å²) in [6.45, 7) is 0.633. The molecule has 0 aliphatic carbocycles. The van der Waals surface area contributed by atoms with Crippen LogP contribution in [0, 0.1) is 0 Å². The summed E-state index contributed by atoms with van der Waals surface area (Å²) in [5.41, 5.74) is 0. The SMILES string of the molecule is OCC(O)COC=CCCOCCC=COCC(O)CO. The van der Waals surface area contributed by atoms with Gasteiger partial charge < -0.3 is 34.6 Å². The number of aliphatic hydroxyl groups is 4. The van der Waals surface area contributed by atoms with Crippen molar-refractivity contribution in [3.63, 3.8) is 0 Å². The zero-order valence-electron chi connectivity index (χ0n) is 12.1. The van der Waals surface area contributed by atoms with Crippen molar-refractivity contribution in [1.82, 2.24) is 0 Å². The summed E-state index contributed by atoms with van der Waals surface area (Å²) in [4.78, 5) is 0. The lowest BCUT2D eigenvalue weighted by Gasteiger charge is -2.05. The normalized spacial score (nSPS) is 14.7. The Morgan fingerprint density at radius 3 is 1.57 bits per heavy atom. The average molecular weight is 306 g/mol. The van der Waals surface area contributed by atoms with Crippen molar-refractivity contribution in [3.05, 3.63) is 24.7 Å². The zero-order valence-corrected chi connectivity index (χ0v) is 12.1. The second-order valence-corrected chi connectivity index (χ2v) is 4.27. The minimum absolute atomic E-state index is 0.0730. The smallest absolute Gasteiger partial charge is 0.115 e. The third-order valence-electron chi connectivity index (χ3n) is 2.24. The Bertz CT molecular complexity index is 242. The van der Waals surface area contributed by atoms with Crippen LogP contribution in [0.2, 0.25) is 0 Å². The van der Waals surface area contributed by atoms with E-state index in [0.29, 0.717) is 26.1 Å². The van der Waals surface area contributed by atoms with Crippen LogP contribution in [0.15, 0.2) is 24.7 Å². The molecule has 0 saturated carbocycles. The standard InChI is InChI=1S/C14H26O7/c15-9-13(17)11-20-7-3-1-5-19-6-2-4-8-21-12-14(18)10-16/h3-4,7-8,13-18H,1-2,5-6,9-12H2. The molecule has 0 aliphatic rings. The van der Waals surface area contributed by atoms with Crippen molar-refractivity contribution >= 4 is 0 Å². The maximum atomic E-state index is 8.99. The number of hydrogen-bond acceptors (Lipinski definition) is 7. The molecule has 0 bridgehead atoms. The largest absolute Gasteiger partial charge is 0.499 e. The molecule has 4 N–H and O–H groups in total. The maximum Gasteiger partial charge on any atom is 0.115 e. The van der Waals surface area contributed by atoms with Crippen LogP contribution in [0.5, 0.6) is 0 Å². The van der Waals surface area contributed by atoms with Crippen LogP contribution in [0.25, 0.3) is 0 Å². The van der Waals surface area contributed by atoms with E-state index in [4.69, 9.17) is 34.6 Å². The molecule has 0 radical (unpaired) electrons. The van der Waals surface area contributed by atoms with Crippen LogP contribution in [0.4, 0.5) is 0 Å². The summed E-state index contributed by atoms with van der Waals surface area (Å²) in [5.74, 6) is 0. The van der Waals surface area contributed by atoms with Gasteiger partial charge in [0.05, 0.1) is 39.0 Å².